The summed E-state index contributed by atoms with van der Waals surface area (Å²) in [5.41, 5.74) is 7.54. The molecule has 4 heteroatoms. The van der Waals surface area contributed by atoms with Crippen LogP contribution in [0.2, 0.25) is 5.02 Å². The lowest BCUT2D eigenvalue weighted by Crippen LogP contribution is -2.09. The van der Waals surface area contributed by atoms with E-state index >= 15 is 0 Å². The third-order valence-corrected chi connectivity index (χ3v) is 3.44. The van der Waals surface area contributed by atoms with Gasteiger partial charge >= 0.3 is 0 Å². The van der Waals surface area contributed by atoms with Crippen LogP contribution in [0, 0.1) is 0 Å². The first-order valence-electron chi connectivity index (χ1n) is 6.46. The van der Waals surface area contributed by atoms with E-state index in [0.717, 1.165) is 18.6 Å². The van der Waals surface area contributed by atoms with Crippen molar-refractivity contribution in [1.29, 1.82) is 0 Å². The van der Waals surface area contributed by atoms with Gasteiger partial charge in [-0.3, -0.25) is 0 Å². The zero-order valence-corrected chi connectivity index (χ0v) is 12.8. The average molecular weight is 306 g/mol. The predicted molar refractivity (Wildman–Crippen MR) is 87.9 cm³/mol. The Bertz CT molecular complexity index is 610. The van der Waals surface area contributed by atoms with Crippen LogP contribution in [0.15, 0.2) is 42.5 Å². The Kier molecular flexibility index (Phi) is 4.99. The number of ether oxygens (including phenoxy) is 1. The van der Waals surface area contributed by atoms with Gasteiger partial charge in [-0.1, -0.05) is 49.3 Å². The number of rotatable bonds is 5. The quantitative estimate of drug-likeness (QED) is 0.812. The highest BCUT2D eigenvalue weighted by Crippen LogP contribution is 2.27. The molecule has 2 rings (SSSR count). The van der Waals surface area contributed by atoms with Gasteiger partial charge in [-0.25, -0.2) is 0 Å². The molecule has 0 aliphatic heterocycles. The molecule has 0 unspecified atom stereocenters. The van der Waals surface area contributed by atoms with Gasteiger partial charge in [0.1, 0.15) is 16.5 Å². The normalized spacial score (nSPS) is 10.3. The summed E-state index contributed by atoms with van der Waals surface area (Å²) < 4.78 is 5.76. The van der Waals surface area contributed by atoms with E-state index < -0.39 is 0 Å². The lowest BCUT2D eigenvalue weighted by molar-refractivity contribution is 0.482. The SMILES string of the molecule is CCCc1ccc(Oc2ccc(C(N)=S)c(Cl)c2)cc1. The van der Waals surface area contributed by atoms with Crippen LogP contribution in [0.4, 0.5) is 0 Å². The van der Waals surface area contributed by atoms with Crippen LogP contribution in [0.25, 0.3) is 0 Å². The molecule has 2 N–H and O–H groups in total. The first kappa shape index (κ1) is 14.8. The molecule has 0 spiro atoms. The van der Waals surface area contributed by atoms with Gasteiger partial charge < -0.3 is 10.5 Å². The Morgan fingerprint density at radius 2 is 1.80 bits per heavy atom. The number of benzene rings is 2. The van der Waals surface area contributed by atoms with Gasteiger partial charge in [0.15, 0.2) is 0 Å². The summed E-state index contributed by atoms with van der Waals surface area (Å²) in [6.07, 6.45) is 2.21. The second-order valence-electron chi connectivity index (χ2n) is 4.50. The summed E-state index contributed by atoms with van der Waals surface area (Å²) in [7, 11) is 0. The van der Waals surface area contributed by atoms with Crippen LogP contribution in [-0.4, -0.2) is 4.99 Å². The monoisotopic (exact) mass is 305 g/mol. The summed E-state index contributed by atoms with van der Waals surface area (Å²) in [5, 5.41) is 0.498. The van der Waals surface area contributed by atoms with E-state index in [1.807, 2.05) is 12.1 Å². The fourth-order valence-electron chi connectivity index (χ4n) is 1.91. The van der Waals surface area contributed by atoms with Crippen molar-refractivity contribution >= 4 is 28.8 Å². The number of hydrogen-bond acceptors (Lipinski definition) is 2. The zero-order chi connectivity index (χ0) is 14.5. The first-order chi connectivity index (χ1) is 9.60. The Labute approximate surface area is 129 Å². The maximum Gasteiger partial charge on any atom is 0.128 e. The van der Waals surface area contributed by atoms with E-state index in [1.165, 1.54) is 5.56 Å². The lowest BCUT2D eigenvalue weighted by atomic mass is 10.1. The minimum Gasteiger partial charge on any atom is -0.457 e. The molecule has 2 aromatic rings. The number of hydrogen-bond donors (Lipinski definition) is 1. The molecule has 104 valence electrons. The molecule has 0 bridgehead atoms. The molecule has 0 atom stereocenters. The fourth-order valence-corrected chi connectivity index (χ4v) is 2.41. The number of thiocarbonyl (C=S) groups is 1. The van der Waals surface area contributed by atoms with Crippen molar-refractivity contribution in [3.63, 3.8) is 0 Å². The molecular formula is C16H16ClNOS. The zero-order valence-electron chi connectivity index (χ0n) is 11.2. The van der Waals surface area contributed by atoms with Crippen molar-refractivity contribution in [2.75, 3.05) is 0 Å². The molecule has 0 aromatic heterocycles. The topological polar surface area (TPSA) is 35.2 Å². The fraction of sp³-hybridized carbons (Fsp3) is 0.188. The minimum absolute atomic E-state index is 0.283. The van der Waals surface area contributed by atoms with Crippen molar-refractivity contribution < 1.29 is 4.74 Å². The molecule has 2 aromatic carbocycles. The molecule has 0 fully saturated rings. The van der Waals surface area contributed by atoms with Crippen LogP contribution in [-0.2, 0) is 6.42 Å². The molecule has 0 aliphatic rings. The van der Waals surface area contributed by atoms with E-state index in [1.54, 1.807) is 18.2 Å². The van der Waals surface area contributed by atoms with Crippen LogP contribution in [0.5, 0.6) is 11.5 Å². The second kappa shape index (κ2) is 6.73. The van der Waals surface area contributed by atoms with Gasteiger partial charge in [0.25, 0.3) is 0 Å². The number of aryl methyl sites for hydroxylation is 1. The van der Waals surface area contributed by atoms with Gasteiger partial charge in [0.2, 0.25) is 0 Å². The Hall–Kier alpha value is -1.58. The number of nitrogens with two attached hydrogens (primary N) is 1. The van der Waals surface area contributed by atoms with E-state index in [4.69, 9.17) is 34.3 Å². The Morgan fingerprint density at radius 1 is 1.15 bits per heavy atom. The van der Waals surface area contributed by atoms with Crippen molar-refractivity contribution in [1.82, 2.24) is 0 Å². The number of halogens is 1. The van der Waals surface area contributed by atoms with Crippen LogP contribution < -0.4 is 10.5 Å². The van der Waals surface area contributed by atoms with Crippen LogP contribution in [0.3, 0.4) is 0 Å². The Morgan fingerprint density at radius 3 is 2.35 bits per heavy atom. The minimum atomic E-state index is 0.283. The molecule has 20 heavy (non-hydrogen) atoms. The molecule has 0 aliphatic carbocycles. The third-order valence-electron chi connectivity index (χ3n) is 2.90. The van der Waals surface area contributed by atoms with Crippen molar-refractivity contribution in [2.45, 2.75) is 19.8 Å². The summed E-state index contributed by atoms with van der Waals surface area (Å²) in [5.74, 6) is 1.45. The first-order valence-corrected chi connectivity index (χ1v) is 7.25. The van der Waals surface area contributed by atoms with Gasteiger partial charge in [-0.05, 0) is 36.2 Å². The van der Waals surface area contributed by atoms with Gasteiger partial charge in [0.05, 0.1) is 5.02 Å². The smallest absolute Gasteiger partial charge is 0.128 e. The predicted octanol–water partition coefficient (Wildman–Crippen LogP) is 4.72. The summed E-state index contributed by atoms with van der Waals surface area (Å²) >= 11 is 11.0. The van der Waals surface area contributed by atoms with Crippen LogP contribution in [0.1, 0.15) is 24.5 Å². The highest BCUT2D eigenvalue weighted by molar-refractivity contribution is 7.80. The summed E-state index contributed by atoms with van der Waals surface area (Å²) in [6, 6.07) is 13.4. The van der Waals surface area contributed by atoms with E-state index in [9.17, 15) is 0 Å². The molecule has 0 amide bonds. The molecule has 0 saturated carbocycles. The maximum absolute atomic E-state index is 6.11. The van der Waals surface area contributed by atoms with E-state index in [0.29, 0.717) is 16.3 Å². The molecule has 2 nitrogen and oxygen atoms in total. The van der Waals surface area contributed by atoms with Gasteiger partial charge in [0, 0.05) is 11.6 Å². The standard InChI is InChI=1S/C16H16ClNOS/c1-2-3-11-4-6-12(7-5-11)19-13-8-9-14(16(18)20)15(17)10-13/h4-10H,2-3H2,1H3,(H2,18,20). The summed E-state index contributed by atoms with van der Waals surface area (Å²) in [6.45, 7) is 2.16. The molecule has 0 radical (unpaired) electrons. The maximum atomic E-state index is 6.11. The van der Waals surface area contributed by atoms with Crippen LogP contribution >= 0.6 is 23.8 Å². The largest absolute Gasteiger partial charge is 0.457 e. The van der Waals surface area contributed by atoms with Crippen molar-refractivity contribution in [3.05, 3.63) is 58.6 Å². The second-order valence-corrected chi connectivity index (χ2v) is 5.35. The lowest BCUT2D eigenvalue weighted by Gasteiger charge is -2.09. The van der Waals surface area contributed by atoms with E-state index in [2.05, 4.69) is 19.1 Å². The van der Waals surface area contributed by atoms with Crippen molar-refractivity contribution in [3.8, 4) is 11.5 Å². The molecule has 0 heterocycles. The van der Waals surface area contributed by atoms with Gasteiger partial charge in [-0.2, -0.15) is 0 Å². The summed E-state index contributed by atoms with van der Waals surface area (Å²) in [4.78, 5) is 0.283. The Balaban J connectivity index is 2.13. The van der Waals surface area contributed by atoms with Crippen molar-refractivity contribution in [2.24, 2.45) is 5.73 Å². The average Bonchev–Trinajstić information content (AvgIpc) is 2.41. The third kappa shape index (κ3) is 3.71. The highest BCUT2D eigenvalue weighted by atomic mass is 35.5. The molecule has 0 saturated heterocycles. The molecular weight excluding hydrogens is 290 g/mol. The van der Waals surface area contributed by atoms with E-state index in [-0.39, 0.29) is 4.99 Å². The van der Waals surface area contributed by atoms with Gasteiger partial charge in [-0.15, -0.1) is 0 Å². The highest BCUT2D eigenvalue weighted by Gasteiger charge is 2.05.